The Morgan fingerprint density at radius 3 is 2.94 bits per heavy atom. The standard InChI is InChI=1S/C13H26N2O2/c1-11-9-17-8-7-15(11)13(10-14)6-4-3-5-12(13)16-2/h11-12H,3-10,14H2,1-2H3. The Labute approximate surface area is 104 Å². The van der Waals surface area contributed by atoms with Crippen molar-refractivity contribution < 1.29 is 9.47 Å². The summed E-state index contributed by atoms with van der Waals surface area (Å²) in [6, 6.07) is 0.447. The first kappa shape index (κ1) is 13.3. The molecular weight excluding hydrogens is 216 g/mol. The van der Waals surface area contributed by atoms with Crippen LogP contribution in [0.5, 0.6) is 0 Å². The van der Waals surface area contributed by atoms with Crippen LogP contribution in [0.15, 0.2) is 0 Å². The number of ether oxygens (including phenoxy) is 2. The smallest absolute Gasteiger partial charge is 0.0767 e. The van der Waals surface area contributed by atoms with Crippen LogP contribution in [0.4, 0.5) is 0 Å². The van der Waals surface area contributed by atoms with Gasteiger partial charge in [0.2, 0.25) is 0 Å². The van der Waals surface area contributed by atoms with Crippen molar-refractivity contribution in [1.82, 2.24) is 4.90 Å². The number of hydrogen-bond donors (Lipinski definition) is 1. The SMILES string of the molecule is COC1CCCCC1(CN)N1CCOCC1C. The molecule has 2 aliphatic rings. The van der Waals surface area contributed by atoms with E-state index in [9.17, 15) is 0 Å². The zero-order valence-electron chi connectivity index (χ0n) is 11.2. The Morgan fingerprint density at radius 2 is 2.29 bits per heavy atom. The lowest BCUT2D eigenvalue weighted by Crippen LogP contribution is -2.67. The van der Waals surface area contributed by atoms with Crippen LogP contribution in [0.1, 0.15) is 32.6 Å². The second kappa shape index (κ2) is 5.65. The maximum atomic E-state index is 6.13. The average molecular weight is 242 g/mol. The van der Waals surface area contributed by atoms with E-state index in [1.54, 1.807) is 0 Å². The number of rotatable bonds is 3. The van der Waals surface area contributed by atoms with Crippen molar-refractivity contribution in [1.29, 1.82) is 0 Å². The molecule has 2 N–H and O–H groups in total. The van der Waals surface area contributed by atoms with E-state index in [0.717, 1.165) is 32.6 Å². The predicted molar refractivity (Wildman–Crippen MR) is 68.0 cm³/mol. The van der Waals surface area contributed by atoms with Gasteiger partial charge in [-0.15, -0.1) is 0 Å². The van der Waals surface area contributed by atoms with Gasteiger partial charge in [0.05, 0.1) is 24.9 Å². The van der Waals surface area contributed by atoms with Crippen LogP contribution in [0, 0.1) is 0 Å². The van der Waals surface area contributed by atoms with Gasteiger partial charge in [-0.05, 0) is 19.8 Å². The van der Waals surface area contributed by atoms with E-state index in [4.69, 9.17) is 15.2 Å². The molecule has 0 spiro atoms. The van der Waals surface area contributed by atoms with Gasteiger partial charge in [-0.25, -0.2) is 0 Å². The first-order valence-corrected chi connectivity index (χ1v) is 6.82. The molecule has 2 fully saturated rings. The van der Waals surface area contributed by atoms with Gasteiger partial charge < -0.3 is 15.2 Å². The molecule has 4 heteroatoms. The largest absolute Gasteiger partial charge is 0.379 e. The Balaban J connectivity index is 2.20. The molecule has 0 bridgehead atoms. The number of nitrogens with zero attached hydrogens (tertiary/aromatic N) is 1. The van der Waals surface area contributed by atoms with Crippen molar-refractivity contribution >= 4 is 0 Å². The number of morpholine rings is 1. The summed E-state index contributed by atoms with van der Waals surface area (Å²) < 4.78 is 11.3. The summed E-state index contributed by atoms with van der Waals surface area (Å²) in [5, 5.41) is 0. The molecule has 4 nitrogen and oxygen atoms in total. The van der Waals surface area contributed by atoms with Crippen molar-refractivity contribution in [3.8, 4) is 0 Å². The molecule has 0 aromatic carbocycles. The molecule has 1 saturated heterocycles. The van der Waals surface area contributed by atoms with E-state index >= 15 is 0 Å². The minimum absolute atomic E-state index is 0.0379. The molecule has 17 heavy (non-hydrogen) atoms. The zero-order chi connectivity index (χ0) is 12.3. The summed E-state index contributed by atoms with van der Waals surface area (Å²) >= 11 is 0. The van der Waals surface area contributed by atoms with Crippen LogP contribution >= 0.6 is 0 Å². The highest BCUT2D eigenvalue weighted by Gasteiger charge is 2.47. The summed E-state index contributed by atoms with van der Waals surface area (Å²) in [7, 11) is 1.82. The second-order valence-electron chi connectivity index (χ2n) is 5.40. The Bertz CT molecular complexity index is 250. The van der Waals surface area contributed by atoms with Gasteiger partial charge in [-0.1, -0.05) is 12.8 Å². The normalized spacial score (nSPS) is 40.4. The molecule has 1 saturated carbocycles. The maximum Gasteiger partial charge on any atom is 0.0767 e. The van der Waals surface area contributed by atoms with Gasteiger partial charge in [0.15, 0.2) is 0 Å². The summed E-state index contributed by atoms with van der Waals surface area (Å²) in [6.45, 7) is 5.55. The molecule has 2 rings (SSSR count). The van der Waals surface area contributed by atoms with Crippen molar-refractivity contribution in [3.05, 3.63) is 0 Å². The Morgan fingerprint density at radius 1 is 1.47 bits per heavy atom. The third-order valence-electron chi connectivity index (χ3n) is 4.50. The van der Waals surface area contributed by atoms with Gasteiger partial charge in [0.25, 0.3) is 0 Å². The fourth-order valence-electron chi connectivity index (χ4n) is 3.60. The fraction of sp³-hybridized carbons (Fsp3) is 1.00. The summed E-state index contributed by atoms with van der Waals surface area (Å²) in [5.74, 6) is 0. The minimum atomic E-state index is 0.0379. The lowest BCUT2D eigenvalue weighted by Gasteiger charge is -2.53. The van der Waals surface area contributed by atoms with E-state index in [2.05, 4.69) is 11.8 Å². The van der Waals surface area contributed by atoms with Gasteiger partial charge in [0, 0.05) is 26.2 Å². The number of methoxy groups -OCH3 is 1. The topological polar surface area (TPSA) is 47.7 Å². The lowest BCUT2D eigenvalue weighted by atomic mass is 9.76. The van der Waals surface area contributed by atoms with Crippen LogP contribution in [-0.2, 0) is 9.47 Å². The highest BCUT2D eigenvalue weighted by Crippen LogP contribution is 2.36. The van der Waals surface area contributed by atoms with Gasteiger partial charge in [0.1, 0.15) is 0 Å². The van der Waals surface area contributed by atoms with Crippen LogP contribution in [-0.4, -0.2) is 56.0 Å². The van der Waals surface area contributed by atoms with Crippen LogP contribution < -0.4 is 5.73 Å². The molecule has 0 aromatic rings. The monoisotopic (exact) mass is 242 g/mol. The first-order valence-electron chi connectivity index (χ1n) is 6.82. The molecule has 0 aromatic heterocycles. The minimum Gasteiger partial charge on any atom is -0.379 e. The molecule has 1 aliphatic heterocycles. The van der Waals surface area contributed by atoms with Crippen LogP contribution in [0.25, 0.3) is 0 Å². The summed E-state index contributed by atoms with van der Waals surface area (Å²) in [6.07, 6.45) is 5.10. The van der Waals surface area contributed by atoms with Gasteiger partial charge in [-0.2, -0.15) is 0 Å². The van der Waals surface area contributed by atoms with E-state index in [1.807, 2.05) is 7.11 Å². The van der Waals surface area contributed by atoms with Crippen molar-refractivity contribution in [2.75, 3.05) is 33.4 Å². The third kappa shape index (κ3) is 2.36. The highest BCUT2D eigenvalue weighted by molar-refractivity contribution is 5.03. The zero-order valence-corrected chi connectivity index (χ0v) is 11.2. The van der Waals surface area contributed by atoms with Crippen molar-refractivity contribution in [3.63, 3.8) is 0 Å². The Kier molecular flexibility index (Phi) is 4.42. The third-order valence-corrected chi connectivity index (χ3v) is 4.50. The molecule has 1 heterocycles. The van der Waals surface area contributed by atoms with Crippen LogP contribution in [0.3, 0.4) is 0 Å². The molecule has 3 unspecified atom stereocenters. The molecule has 100 valence electrons. The van der Waals surface area contributed by atoms with E-state index in [1.165, 1.54) is 12.8 Å². The van der Waals surface area contributed by atoms with Crippen LogP contribution in [0.2, 0.25) is 0 Å². The van der Waals surface area contributed by atoms with Gasteiger partial charge >= 0.3 is 0 Å². The Hall–Kier alpha value is -0.160. The molecule has 0 amide bonds. The lowest BCUT2D eigenvalue weighted by molar-refractivity contribution is -0.126. The quantitative estimate of drug-likeness (QED) is 0.802. The van der Waals surface area contributed by atoms with Crippen molar-refractivity contribution in [2.24, 2.45) is 5.73 Å². The van der Waals surface area contributed by atoms with Crippen molar-refractivity contribution in [2.45, 2.75) is 50.3 Å². The van der Waals surface area contributed by atoms with E-state index in [0.29, 0.717) is 12.6 Å². The molecule has 3 atom stereocenters. The highest BCUT2D eigenvalue weighted by atomic mass is 16.5. The summed E-state index contributed by atoms with van der Waals surface area (Å²) in [5.41, 5.74) is 6.17. The maximum absolute atomic E-state index is 6.13. The molecular formula is C13H26N2O2. The van der Waals surface area contributed by atoms with E-state index < -0.39 is 0 Å². The first-order chi connectivity index (χ1) is 8.24. The number of nitrogens with two attached hydrogens (primary N) is 1. The van der Waals surface area contributed by atoms with E-state index in [-0.39, 0.29) is 11.6 Å². The average Bonchev–Trinajstić information content (AvgIpc) is 2.39. The summed E-state index contributed by atoms with van der Waals surface area (Å²) in [4.78, 5) is 2.55. The van der Waals surface area contributed by atoms with Gasteiger partial charge in [-0.3, -0.25) is 4.90 Å². The molecule has 0 radical (unpaired) electrons. The molecule has 1 aliphatic carbocycles. The second-order valence-corrected chi connectivity index (χ2v) is 5.40. The predicted octanol–water partition coefficient (Wildman–Crippen LogP) is 0.994. The fourth-order valence-corrected chi connectivity index (χ4v) is 3.60. The number of hydrogen-bond acceptors (Lipinski definition) is 4.